The molecule has 4 heteroatoms. The van der Waals surface area contributed by atoms with Crippen LogP contribution in [0.3, 0.4) is 0 Å². The average molecular weight is 286 g/mol. The Labute approximate surface area is 125 Å². The predicted octanol–water partition coefficient (Wildman–Crippen LogP) is 3.80. The second kappa shape index (κ2) is 5.80. The Morgan fingerprint density at radius 1 is 1.29 bits per heavy atom. The summed E-state index contributed by atoms with van der Waals surface area (Å²) in [7, 11) is 1.62. The maximum atomic E-state index is 12.6. The van der Waals surface area contributed by atoms with Gasteiger partial charge in [-0.1, -0.05) is 23.8 Å². The molecule has 2 saturated heterocycles. The summed E-state index contributed by atoms with van der Waals surface area (Å²) in [6.45, 7) is 2.10. The van der Waals surface area contributed by atoms with E-state index in [2.05, 4.69) is 18.3 Å². The molecule has 0 saturated carbocycles. The smallest absolute Gasteiger partial charge is 0.322 e. The van der Waals surface area contributed by atoms with E-state index in [9.17, 15) is 4.79 Å². The topological polar surface area (TPSA) is 41.6 Å². The number of carbonyl (C=O) groups is 1. The maximum absolute atomic E-state index is 12.6. The Balaban J connectivity index is 1.75. The summed E-state index contributed by atoms with van der Waals surface area (Å²) in [6.07, 6.45) is 6.47. The molecule has 0 radical (unpaired) electrons. The lowest BCUT2D eigenvalue weighted by molar-refractivity contribution is 0.173. The molecule has 0 aromatic heterocycles. The third-order valence-corrected chi connectivity index (χ3v) is 4.61. The lowest BCUT2D eigenvalue weighted by Gasteiger charge is -2.36. The van der Waals surface area contributed by atoms with Gasteiger partial charge in [0, 0.05) is 12.1 Å². The molecule has 1 aromatic rings. The molecule has 2 atom stereocenters. The van der Waals surface area contributed by atoms with Gasteiger partial charge in [0.05, 0.1) is 12.8 Å². The molecule has 112 valence electrons. The summed E-state index contributed by atoms with van der Waals surface area (Å²) in [4.78, 5) is 14.7. The Morgan fingerprint density at radius 2 is 1.95 bits per heavy atom. The number of anilines is 1. The van der Waals surface area contributed by atoms with Crippen molar-refractivity contribution >= 4 is 11.7 Å². The fraction of sp³-hybridized carbons (Fsp3) is 0.471. The van der Waals surface area contributed by atoms with Crippen LogP contribution >= 0.6 is 0 Å². The lowest BCUT2D eigenvalue weighted by Crippen LogP contribution is -2.46. The van der Waals surface area contributed by atoms with E-state index >= 15 is 0 Å². The quantitative estimate of drug-likeness (QED) is 0.840. The first kappa shape index (κ1) is 14.0. The zero-order valence-electron chi connectivity index (χ0n) is 12.6. The van der Waals surface area contributed by atoms with Crippen LogP contribution in [-0.4, -0.2) is 30.1 Å². The number of nitrogens with one attached hydrogen (secondary N) is 1. The number of para-hydroxylation sites is 2. The van der Waals surface area contributed by atoms with E-state index in [1.165, 1.54) is 5.57 Å². The highest BCUT2D eigenvalue weighted by Crippen LogP contribution is 2.39. The van der Waals surface area contributed by atoms with Crippen LogP contribution in [0.5, 0.6) is 5.75 Å². The van der Waals surface area contributed by atoms with E-state index in [4.69, 9.17) is 4.74 Å². The minimum absolute atomic E-state index is 0.00199. The average Bonchev–Trinajstić information content (AvgIpc) is 2.78. The fourth-order valence-electron chi connectivity index (χ4n) is 3.55. The molecule has 2 fully saturated rings. The molecule has 0 aliphatic carbocycles. The number of urea groups is 1. The number of amides is 2. The lowest BCUT2D eigenvalue weighted by atomic mass is 9.97. The first-order valence-corrected chi connectivity index (χ1v) is 7.59. The molecule has 3 rings (SSSR count). The maximum Gasteiger partial charge on any atom is 0.322 e. The van der Waals surface area contributed by atoms with Crippen LogP contribution < -0.4 is 10.1 Å². The molecule has 2 heterocycles. The molecule has 2 unspecified atom stereocenters. The van der Waals surface area contributed by atoms with Gasteiger partial charge in [0.15, 0.2) is 0 Å². The first-order valence-electron chi connectivity index (χ1n) is 7.59. The van der Waals surface area contributed by atoms with Gasteiger partial charge in [-0.2, -0.15) is 0 Å². The van der Waals surface area contributed by atoms with Crippen molar-refractivity contribution < 1.29 is 9.53 Å². The molecule has 2 amide bonds. The van der Waals surface area contributed by atoms with Gasteiger partial charge in [0.2, 0.25) is 0 Å². The Morgan fingerprint density at radius 3 is 2.57 bits per heavy atom. The van der Waals surface area contributed by atoms with E-state index in [0.29, 0.717) is 17.8 Å². The van der Waals surface area contributed by atoms with Gasteiger partial charge in [-0.3, -0.25) is 0 Å². The standard InChI is InChI=1S/C17H22N2O2/c1-3-12-10-13-8-9-14(11-12)19(13)17(20)18-15-6-4-5-7-16(15)21-2/h3-7,13-14H,8-11H2,1-2H3,(H,18,20). The highest BCUT2D eigenvalue weighted by atomic mass is 16.5. The molecule has 4 nitrogen and oxygen atoms in total. The minimum atomic E-state index is 0.00199. The highest BCUT2D eigenvalue weighted by Gasteiger charge is 2.41. The molecule has 21 heavy (non-hydrogen) atoms. The molecule has 1 N–H and O–H groups in total. The van der Waals surface area contributed by atoms with Crippen molar-refractivity contribution in [3.8, 4) is 5.75 Å². The summed E-state index contributed by atoms with van der Waals surface area (Å²) in [5.74, 6) is 0.698. The van der Waals surface area contributed by atoms with Gasteiger partial charge < -0.3 is 15.0 Å². The number of rotatable bonds is 2. The van der Waals surface area contributed by atoms with Crippen molar-refractivity contribution in [2.45, 2.75) is 44.7 Å². The van der Waals surface area contributed by atoms with Crippen molar-refractivity contribution in [3.63, 3.8) is 0 Å². The molecule has 0 spiro atoms. The van der Waals surface area contributed by atoms with E-state index in [-0.39, 0.29) is 6.03 Å². The summed E-state index contributed by atoms with van der Waals surface area (Å²) in [5.41, 5.74) is 2.23. The van der Waals surface area contributed by atoms with Gasteiger partial charge in [0.25, 0.3) is 0 Å². The predicted molar refractivity (Wildman–Crippen MR) is 83.7 cm³/mol. The third kappa shape index (κ3) is 2.62. The molecular formula is C17H22N2O2. The number of allylic oxidation sites excluding steroid dienone is 1. The van der Waals surface area contributed by atoms with Gasteiger partial charge in [-0.25, -0.2) is 4.79 Å². The number of methoxy groups -OCH3 is 1. The number of carbonyl (C=O) groups excluding carboxylic acids is 1. The number of hydrogen-bond acceptors (Lipinski definition) is 2. The van der Waals surface area contributed by atoms with Crippen LogP contribution in [0.4, 0.5) is 10.5 Å². The third-order valence-electron chi connectivity index (χ3n) is 4.61. The Bertz CT molecular complexity index is 552. The van der Waals surface area contributed by atoms with Crippen LogP contribution in [0.2, 0.25) is 0 Å². The first-order chi connectivity index (χ1) is 10.2. The normalized spacial score (nSPS) is 23.9. The van der Waals surface area contributed by atoms with Crippen LogP contribution in [0.15, 0.2) is 35.9 Å². The van der Waals surface area contributed by atoms with Gasteiger partial charge >= 0.3 is 6.03 Å². The highest BCUT2D eigenvalue weighted by molar-refractivity contribution is 5.91. The van der Waals surface area contributed by atoms with Crippen LogP contribution in [0.25, 0.3) is 0 Å². The van der Waals surface area contributed by atoms with Crippen LogP contribution in [0.1, 0.15) is 32.6 Å². The molecular weight excluding hydrogens is 264 g/mol. The minimum Gasteiger partial charge on any atom is -0.495 e. The van der Waals surface area contributed by atoms with Crippen molar-refractivity contribution in [2.75, 3.05) is 12.4 Å². The van der Waals surface area contributed by atoms with Crippen LogP contribution in [0, 0.1) is 0 Å². The number of hydrogen-bond donors (Lipinski definition) is 1. The SMILES string of the molecule is CC=C1CC2CCC(C1)N2C(=O)Nc1ccccc1OC. The zero-order valence-corrected chi connectivity index (χ0v) is 12.6. The molecule has 2 bridgehead atoms. The number of nitrogens with zero attached hydrogens (tertiary/aromatic N) is 1. The van der Waals surface area contributed by atoms with E-state index in [1.807, 2.05) is 29.2 Å². The monoisotopic (exact) mass is 286 g/mol. The van der Waals surface area contributed by atoms with E-state index < -0.39 is 0 Å². The summed E-state index contributed by atoms with van der Waals surface area (Å²) < 4.78 is 5.29. The Hall–Kier alpha value is -1.97. The van der Waals surface area contributed by atoms with Crippen molar-refractivity contribution in [1.29, 1.82) is 0 Å². The van der Waals surface area contributed by atoms with Crippen molar-refractivity contribution in [2.24, 2.45) is 0 Å². The second-order valence-corrected chi connectivity index (χ2v) is 5.78. The molecule has 1 aromatic carbocycles. The number of piperidine rings is 1. The number of benzene rings is 1. The molecule has 2 aliphatic heterocycles. The van der Waals surface area contributed by atoms with Crippen LogP contribution in [-0.2, 0) is 0 Å². The van der Waals surface area contributed by atoms with Crippen molar-refractivity contribution in [3.05, 3.63) is 35.9 Å². The summed E-state index contributed by atoms with van der Waals surface area (Å²) in [5, 5.41) is 3.01. The summed E-state index contributed by atoms with van der Waals surface area (Å²) >= 11 is 0. The van der Waals surface area contributed by atoms with E-state index in [1.54, 1.807) is 7.11 Å². The number of fused-ring (bicyclic) bond motifs is 2. The fourth-order valence-corrected chi connectivity index (χ4v) is 3.55. The largest absolute Gasteiger partial charge is 0.495 e. The summed E-state index contributed by atoms with van der Waals surface area (Å²) in [6, 6.07) is 8.24. The zero-order chi connectivity index (χ0) is 14.8. The van der Waals surface area contributed by atoms with Crippen molar-refractivity contribution in [1.82, 2.24) is 4.90 Å². The van der Waals surface area contributed by atoms with E-state index in [0.717, 1.165) is 31.4 Å². The van der Waals surface area contributed by atoms with Gasteiger partial charge in [-0.05, 0) is 44.7 Å². The van der Waals surface area contributed by atoms with Gasteiger partial charge in [-0.15, -0.1) is 0 Å². The Kier molecular flexibility index (Phi) is 3.86. The second-order valence-electron chi connectivity index (χ2n) is 5.78. The van der Waals surface area contributed by atoms with Gasteiger partial charge in [0.1, 0.15) is 5.75 Å². The number of ether oxygens (including phenoxy) is 1. The molecule has 2 aliphatic rings.